The molecule has 3 rings (SSSR count). The predicted octanol–water partition coefficient (Wildman–Crippen LogP) is 1.24. The minimum Gasteiger partial charge on any atom is -0.374 e. The third kappa shape index (κ3) is 2.70. The summed E-state index contributed by atoms with van der Waals surface area (Å²) >= 11 is 0. The third-order valence-electron chi connectivity index (χ3n) is 4.38. The minimum atomic E-state index is -0.601. The number of ether oxygens (including phenoxy) is 1. The molecule has 116 valence electrons. The van der Waals surface area contributed by atoms with E-state index in [2.05, 4.69) is 4.90 Å². The number of hydrogen-bond donors (Lipinski definition) is 0. The summed E-state index contributed by atoms with van der Waals surface area (Å²) in [6, 6.07) is 5.73. The first-order valence-corrected chi connectivity index (χ1v) is 7.41. The van der Waals surface area contributed by atoms with Crippen molar-refractivity contribution in [3.63, 3.8) is 0 Å². The van der Waals surface area contributed by atoms with Gasteiger partial charge in [0.2, 0.25) is 0 Å². The monoisotopic (exact) mass is 303 g/mol. The Morgan fingerprint density at radius 2 is 2.27 bits per heavy atom. The topological polar surface area (TPSA) is 56.6 Å². The lowest BCUT2D eigenvalue weighted by Gasteiger charge is -2.46. The molecule has 2 fully saturated rings. The number of halogens is 1. The van der Waals surface area contributed by atoms with Gasteiger partial charge in [-0.2, -0.15) is 5.26 Å². The molecule has 0 N–H and O–H groups in total. The van der Waals surface area contributed by atoms with Crippen molar-refractivity contribution in [3.8, 4) is 6.07 Å². The van der Waals surface area contributed by atoms with Gasteiger partial charge in [-0.15, -0.1) is 0 Å². The molecule has 0 aromatic heterocycles. The number of benzene rings is 1. The number of piperidine rings is 1. The van der Waals surface area contributed by atoms with Gasteiger partial charge in [0.15, 0.2) is 0 Å². The molecule has 0 saturated carbocycles. The number of rotatable bonds is 1. The van der Waals surface area contributed by atoms with Crippen LogP contribution in [0.25, 0.3) is 0 Å². The van der Waals surface area contributed by atoms with E-state index in [-0.39, 0.29) is 23.6 Å². The highest BCUT2D eigenvalue weighted by Crippen LogP contribution is 2.24. The molecule has 1 aromatic carbocycles. The smallest absolute Gasteiger partial charge is 0.254 e. The Labute approximate surface area is 128 Å². The average Bonchev–Trinajstić information content (AvgIpc) is 2.54. The van der Waals surface area contributed by atoms with Crippen LogP contribution in [0.15, 0.2) is 18.2 Å². The fourth-order valence-corrected chi connectivity index (χ4v) is 3.19. The van der Waals surface area contributed by atoms with Crippen LogP contribution in [0.2, 0.25) is 0 Å². The first-order chi connectivity index (χ1) is 10.6. The van der Waals surface area contributed by atoms with Crippen LogP contribution in [0, 0.1) is 17.1 Å². The summed E-state index contributed by atoms with van der Waals surface area (Å²) in [5.41, 5.74) is 0.253. The Balaban J connectivity index is 1.86. The van der Waals surface area contributed by atoms with Crippen LogP contribution in [0.1, 0.15) is 22.3 Å². The minimum absolute atomic E-state index is 0.00980. The lowest BCUT2D eigenvalue weighted by atomic mass is 9.98. The predicted molar refractivity (Wildman–Crippen MR) is 77.8 cm³/mol. The van der Waals surface area contributed by atoms with Gasteiger partial charge in [-0.05, 0) is 31.7 Å². The molecule has 0 unspecified atom stereocenters. The molecule has 0 bridgehead atoms. The quantitative estimate of drug-likeness (QED) is 0.783. The van der Waals surface area contributed by atoms with Crippen molar-refractivity contribution in [2.45, 2.75) is 18.6 Å². The van der Waals surface area contributed by atoms with Crippen LogP contribution in [-0.2, 0) is 4.74 Å². The molecular weight excluding hydrogens is 285 g/mol. The highest BCUT2D eigenvalue weighted by Gasteiger charge is 2.38. The number of likely N-dealkylation sites (N-methyl/N-ethyl adjacent to an activating group) is 1. The SMILES string of the molecule is CN1CC[C@H]2OCCN(C(=O)c3ccc(F)c(C#N)c3)[C@@H]2C1. The zero-order valence-electron chi connectivity index (χ0n) is 12.5. The molecule has 22 heavy (non-hydrogen) atoms. The number of carbonyl (C=O) groups is 1. The van der Waals surface area contributed by atoms with Crippen LogP contribution in [0.5, 0.6) is 0 Å². The van der Waals surface area contributed by atoms with Gasteiger partial charge in [-0.3, -0.25) is 4.79 Å². The van der Waals surface area contributed by atoms with Gasteiger partial charge in [-0.1, -0.05) is 0 Å². The van der Waals surface area contributed by atoms with Crippen molar-refractivity contribution in [1.82, 2.24) is 9.80 Å². The van der Waals surface area contributed by atoms with Gasteiger partial charge in [0.05, 0.1) is 24.3 Å². The lowest BCUT2D eigenvalue weighted by Crippen LogP contribution is -2.60. The molecule has 2 aliphatic rings. The summed E-state index contributed by atoms with van der Waals surface area (Å²) in [7, 11) is 2.03. The van der Waals surface area contributed by atoms with E-state index in [9.17, 15) is 9.18 Å². The molecule has 6 heteroatoms. The number of likely N-dealkylation sites (tertiary alicyclic amines) is 1. The molecule has 2 heterocycles. The maximum atomic E-state index is 13.4. The van der Waals surface area contributed by atoms with E-state index in [1.807, 2.05) is 7.05 Å². The summed E-state index contributed by atoms with van der Waals surface area (Å²) in [5, 5.41) is 8.92. The zero-order chi connectivity index (χ0) is 15.7. The van der Waals surface area contributed by atoms with Gasteiger partial charge >= 0.3 is 0 Å². The van der Waals surface area contributed by atoms with Gasteiger partial charge in [0.1, 0.15) is 11.9 Å². The van der Waals surface area contributed by atoms with E-state index < -0.39 is 5.82 Å². The molecule has 5 nitrogen and oxygen atoms in total. The molecule has 2 atom stereocenters. The van der Waals surface area contributed by atoms with Crippen molar-refractivity contribution in [3.05, 3.63) is 35.1 Å². The van der Waals surface area contributed by atoms with E-state index in [4.69, 9.17) is 10.00 Å². The van der Waals surface area contributed by atoms with Crippen molar-refractivity contribution >= 4 is 5.91 Å². The molecule has 2 saturated heterocycles. The second-order valence-corrected chi connectivity index (χ2v) is 5.83. The highest BCUT2D eigenvalue weighted by molar-refractivity contribution is 5.95. The van der Waals surface area contributed by atoms with E-state index in [0.29, 0.717) is 18.7 Å². The average molecular weight is 303 g/mol. The fourth-order valence-electron chi connectivity index (χ4n) is 3.19. The summed E-state index contributed by atoms with van der Waals surface area (Å²) in [5.74, 6) is -0.763. The van der Waals surface area contributed by atoms with Crippen molar-refractivity contribution in [2.24, 2.45) is 0 Å². The Hall–Kier alpha value is -1.97. The number of nitrogens with zero attached hydrogens (tertiary/aromatic N) is 3. The molecule has 0 radical (unpaired) electrons. The Morgan fingerprint density at radius 1 is 1.45 bits per heavy atom. The number of carbonyl (C=O) groups excluding carboxylic acids is 1. The Morgan fingerprint density at radius 3 is 3.05 bits per heavy atom. The van der Waals surface area contributed by atoms with E-state index in [1.165, 1.54) is 18.2 Å². The number of hydrogen-bond acceptors (Lipinski definition) is 4. The summed E-state index contributed by atoms with van der Waals surface area (Å²) in [6.07, 6.45) is 0.961. The second kappa shape index (κ2) is 6.03. The second-order valence-electron chi connectivity index (χ2n) is 5.83. The van der Waals surface area contributed by atoms with Crippen molar-refractivity contribution in [2.75, 3.05) is 33.3 Å². The summed E-state index contributed by atoms with van der Waals surface area (Å²) in [4.78, 5) is 16.7. The van der Waals surface area contributed by atoms with Gasteiger partial charge < -0.3 is 14.5 Å². The van der Waals surface area contributed by atoms with Crippen LogP contribution in [-0.4, -0.2) is 61.1 Å². The van der Waals surface area contributed by atoms with Crippen LogP contribution >= 0.6 is 0 Å². The highest BCUT2D eigenvalue weighted by atomic mass is 19.1. The van der Waals surface area contributed by atoms with Crippen LogP contribution in [0.4, 0.5) is 4.39 Å². The van der Waals surface area contributed by atoms with Crippen LogP contribution < -0.4 is 0 Å². The third-order valence-corrected chi connectivity index (χ3v) is 4.38. The number of morpholine rings is 1. The number of nitriles is 1. The van der Waals surface area contributed by atoms with Crippen molar-refractivity contribution in [1.29, 1.82) is 5.26 Å². The first kappa shape index (κ1) is 14.9. The van der Waals surface area contributed by atoms with E-state index in [1.54, 1.807) is 11.0 Å². The van der Waals surface area contributed by atoms with Gasteiger partial charge in [0, 0.05) is 25.2 Å². The maximum Gasteiger partial charge on any atom is 0.254 e. The summed E-state index contributed by atoms with van der Waals surface area (Å²) in [6.45, 7) is 2.76. The normalized spacial score (nSPS) is 25.4. The maximum absolute atomic E-state index is 13.4. The standard InChI is InChI=1S/C16H18FN3O2/c1-19-5-4-15-14(10-19)20(6-7-22-15)16(21)11-2-3-13(17)12(8-11)9-18/h2-3,8,14-15H,4-7,10H2,1H3/t14-,15-/m1/s1. The molecule has 1 amide bonds. The fraction of sp³-hybridized carbons (Fsp3) is 0.500. The molecule has 0 aliphatic carbocycles. The van der Waals surface area contributed by atoms with E-state index in [0.717, 1.165) is 19.5 Å². The Kier molecular flexibility index (Phi) is 4.10. The first-order valence-electron chi connectivity index (χ1n) is 7.41. The number of fused-ring (bicyclic) bond motifs is 1. The molecule has 2 aliphatic heterocycles. The summed E-state index contributed by atoms with van der Waals surface area (Å²) < 4.78 is 19.2. The largest absolute Gasteiger partial charge is 0.374 e. The lowest BCUT2D eigenvalue weighted by molar-refractivity contribution is -0.0869. The van der Waals surface area contributed by atoms with Gasteiger partial charge in [0.25, 0.3) is 5.91 Å². The van der Waals surface area contributed by atoms with Crippen LogP contribution in [0.3, 0.4) is 0 Å². The zero-order valence-corrected chi connectivity index (χ0v) is 12.5. The molecular formula is C16H18FN3O2. The Bertz CT molecular complexity index is 628. The number of amides is 1. The molecule has 0 spiro atoms. The van der Waals surface area contributed by atoms with Gasteiger partial charge in [-0.25, -0.2) is 4.39 Å². The van der Waals surface area contributed by atoms with E-state index >= 15 is 0 Å². The molecule has 1 aromatic rings. The van der Waals surface area contributed by atoms with Crippen molar-refractivity contribution < 1.29 is 13.9 Å².